The average molecular weight is 423 g/mol. The Kier molecular flexibility index (Phi) is 6.33. The molecule has 1 saturated heterocycles. The van der Waals surface area contributed by atoms with E-state index in [2.05, 4.69) is 12.6 Å². The SMILES string of the molecule is C=CCc1ccc(OCC(=O)N2CCC[C@H](c3nc4ccccc4s3)C2)c(OC)c1. The first kappa shape index (κ1) is 20.4. The number of ether oxygens (including phenoxy) is 2. The Bertz CT molecular complexity index is 1010. The molecule has 1 aromatic heterocycles. The zero-order chi connectivity index (χ0) is 20.9. The van der Waals surface area contributed by atoms with Gasteiger partial charge in [0.2, 0.25) is 0 Å². The second kappa shape index (κ2) is 9.30. The lowest BCUT2D eigenvalue weighted by molar-refractivity contribution is -0.134. The molecule has 0 N–H and O–H groups in total. The van der Waals surface area contributed by atoms with Gasteiger partial charge in [-0.15, -0.1) is 17.9 Å². The number of nitrogens with zero attached hydrogens (tertiary/aromatic N) is 2. The fraction of sp³-hybridized carbons (Fsp3) is 0.333. The Balaban J connectivity index is 1.39. The molecule has 4 rings (SSSR count). The van der Waals surface area contributed by atoms with Gasteiger partial charge in [0.1, 0.15) is 0 Å². The molecule has 0 saturated carbocycles. The smallest absolute Gasteiger partial charge is 0.260 e. The summed E-state index contributed by atoms with van der Waals surface area (Å²) < 4.78 is 12.4. The Morgan fingerprint density at radius 1 is 1.30 bits per heavy atom. The van der Waals surface area contributed by atoms with Gasteiger partial charge >= 0.3 is 0 Å². The predicted octanol–water partition coefficient (Wildman–Crippen LogP) is 4.82. The second-order valence-electron chi connectivity index (χ2n) is 7.47. The number of benzene rings is 2. The third-order valence-electron chi connectivity index (χ3n) is 5.39. The molecule has 0 spiro atoms. The van der Waals surface area contributed by atoms with Crippen molar-refractivity contribution in [2.24, 2.45) is 0 Å². The number of likely N-dealkylation sites (tertiary alicyclic amines) is 1. The van der Waals surface area contributed by atoms with Crippen LogP contribution >= 0.6 is 11.3 Å². The molecular formula is C24H26N2O3S. The van der Waals surface area contributed by atoms with Crippen LogP contribution in [0.25, 0.3) is 10.2 Å². The van der Waals surface area contributed by atoms with Crippen LogP contribution in [0.2, 0.25) is 0 Å². The molecule has 1 atom stereocenters. The number of rotatable bonds is 7. The zero-order valence-electron chi connectivity index (χ0n) is 17.2. The van der Waals surface area contributed by atoms with Crippen LogP contribution in [0.5, 0.6) is 11.5 Å². The minimum Gasteiger partial charge on any atom is -0.493 e. The standard InChI is InChI=1S/C24H26N2O3S/c1-3-7-17-11-12-20(21(14-17)28-2)29-16-23(27)26-13-6-8-18(15-26)24-25-19-9-4-5-10-22(19)30-24/h3-5,9-12,14,18H,1,6-8,13,15-16H2,2H3/t18-/m0/s1. The van der Waals surface area contributed by atoms with Gasteiger partial charge in [-0.25, -0.2) is 4.98 Å². The molecule has 1 amide bonds. The van der Waals surface area contributed by atoms with Crippen LogP contribution in [0.1, 0.15) is 29.3 Å². The minimum absolute atomic E-state index is 0.00182. The highest BCUT2D eigenvalue weighted by Gasteiger charge is 2.27. The topological polar surface area (TPSA) is 51.7 Å². The molecule has 0 unspecified atom stereocenters. The van der Waals surface area contributed by atoms with Crippen LogP contribution in [0.3, 0.4) is 0 Å². The van der Waals surface area contributed by atoms with E-state index in [0.29, 0.717) is 18.0 Å². The maximum atomic E-state index is 12.8. The van der Waals surface area contributed by atoms with Crippen molar-refractivity contribution in [3.63, 3.8) is 0 Å². The Hall–Kier alpha value is -2.86. The molecule has 0 radical (unpaired) electrons. The first-order valence-corrected chi connectivity index (χ1v) is 11.0. The van der Waals surface area contributed by atoms with E-state index < -0.39 is 0 Å². The first-order valence-electron chi connectivity index (χ1n) is 10.2. The highest BCUT2D eigenvalue weighted by molar-refractivity contribution is 7.18. The molecule has 5 nitrogen and oxygen atoms in total. The fourth-order valence-corrected chi connectivity index (χ4v) is 4.92. The molecule has 30 heavy (non-hydrogen) atoms. The van der Waals surface area contributed by atoms with Gasteiger partial charge < -0.3 is 14.4 Å². The Morgan fingerprint density at radius 2 is 2.17 bits per heavy atom. The van der Waals surface area contributed by atoms with Gasteiger partial charge in [-0.2, -0.15) is 0 Å². The van der Waals surface area contributed by atoms with Gasteiger partial charge in [0.25, 0.3) is 5.91 Å². The largest absolute Gasteiger partial charge is 0.493 e. The van der Waals surface area contributed by atoms with Crippen molar-refractivity contribution in [2.75, 3.05) is 26.8 Å². The molecule has 1 aliphatic rings. The van der Waals surface area contributed by atoms with Crippen LogP contribution in [0, 0.1) is 0 Å². The third-order valence-corrected chi connectivity index (χ3v) is 6.59. The van der Waals surface area contributed by atoms with Crippen LogP contribution < -0.4 is 9.47 Å². The maximum Gasteiger partial charge on any atom is 0.260 e. The average Bonchev–Trinajstić information content (AvgIpc) is 3.22. The monoisotopic (exact) mass is 422 g/mol. The van der Waals surface area contributed by atoms with Crippen molar-refractivity contribution in [2.45, 2.75) is 25.2 Å². The van der Waals surface area contributed by atoms with E-state index in [1.807, 2.05) is 47.4 Å². The number of para-hydroxylation sites is 1. The van der Waals surface area contributed by atoms with Crippen molar-refractivity contribution in [1.29, 1.82) is 0 Å². The van der Waals surface area contributed by atoms with Crippen molar-refractivity contribution >= 4 is 27.5 Å². The lowest BCUT2D eigenvalue weighted by atomic mass is 9.99. The lowest BCUT2D eigenvalue weighted by Crippen LogP contribution is -2.41. The fourth-order valence-electron chi connectivity index (χ4n) is 3.83. The van der Waals surface area contributed by atoms with Crippen molar-refractivity contribution in [3.8, 4) is 11.5 Å². The summed E-state index contributed by atoms with van der Waals surface area (Å²) in [7, 11) is 1.61. The number of allylic oxidation sites excluding steroid dienone is 1. The summed E-state index contributed by atoms with van der Waals surface area (Å²) in [5.41, 5.74) is 2.13. The molecule has 1 fully saturated rings. The number of fused-ring (bicyclic) bond motifs is 1. The number of thiazole rings is 1. The van der Waals surface area contributed by atoms with E-state index in [4.69, 9.17) is 14.5 Å². The molecule has 156 valence electrons. The van der Waals surface area contributed by atoms with Crippen LogP contribution in [-0.2, 0) is 11.2 Å². The first-order chi connectivity index (χ1) is 14.7. The number of hydrogen-bond acceptors (Lipinski definition) is 5. The number of methoxy groups -OCH3 is 1. The van der Waals surface area contributed by atoms with Gasteiger partial charge in [0, 0.05) is 19.0 Å². The van der Waals surface area contributed by atoms with Crippen LogP contribution in [0.15, 0.2) is 55.1 Å². The zero-order valence-corrected chi connectivity index (χ0v) is 18.0. The summed E-state index contributed by atoms with van der Waals surface area (Å²) in [6.45, 7) is 5.22. The van der Waals surface area contributed by atoms with Gasteiger partial charge in [0.05, 0.1) is 22.3 Å². The van der Waals surface area contributed by atoms with Crippen molar-refractivity contribution in [3.05, 3.63) is 65.7 Å². The van der Waals surface area contributed by atoms with Gasteiger partial charge in [-0.3, -0.25) is 4.79 Å². The number of amides is 1. The predicted molar refractivity (Wildman–Crippen MR) is 121 cm³/mol. The number of carbonyl (C=O) groups is 1. The maximum absolute atomic E-state index is 12.8. The second-order valence-corrected chi connectivity index (χ2v) is 8.53. The van der Waals surface area contributed by atoms with E-state index in [-0.39, 0.29) is 18.4 Å². The molecule has 0 bridgehead atoms. The lowest BCUT2D eigenvalue weighted by Gasteiger charge is -2.31. The molecule has 3 aromatic rings. The van der Waals surface area contributed by atoms with Gasteiger partial charge in [-0.05, 0) is 49.1 Å². The van der Waals surface area contributed by atoms with E-state index in [0.717, 1.165) is 41.9 Å². The Morgan fingerprint density at radius 3 is 2.97 bits per heavy atom. The van der Waals surface area contributed by atoms with Crippen LogP contribution in [0.4, 0.5) is 0 Å². The van der Waals surface area contributed by atoms with Gasteiger partial charge in [0.15, 0.2) is 18.1 Å². The molecule has 6 heteroatoms. The van der Waals surface area contributed by atoms with Crippen molar-refractivity contribution < 1.29 is 14.3 Å². The summed E-state index contributed by atoms with van der Waals surface area (Å²) in [4.78, 5) is 19.5. The molecule has 1 aliphatic heterocycles. The third kappa shape index (κ3) is 4.49. The highest BCUT2D eigenvalue weighted by atomic mass is 32.1. The van der Waals surface area contributed by atoms with E-state index in [1.54, 1.807) is 18.4 Å². The normalized spacial score (nSPS) is 16.4. The summed E-state index contributed by atoms with van der Waals surface area (Å²) in [5.74, 6) is 1.50. The quantitative estimate of drug-likeness (QED) is 0.512. The van der Waals surface area contributed by atoms with Crippen molar-refractivity contribution in [1.82, 2.24) is 9.88 Å². The van der Waals surface area contributed by atoms with E-state index in [9.17, 15) is 4.79 Å². The summed E-state index contributed by atoms with van der Waals surface area (Å²) in [5, 5.41) is 1.12. The number of hydrogen-bond donors (Lipinski definition) is 0. The molecule has 2 aromatic carbocycles. The van der Waals surface area contributed by atoms with Gasteiger partial charge in [-0.1, -0.05) is 24.3 Å². The number of piperidine rings is 1. The van der Waals surface area contributed by atoms with E-state index in [1.165, 1.54) is 4.70 Å². The molecule has 2 heterocycles. The van der Waals surface area contributed by atoms with Crippen LogP contribution in [-0.4, -0.2) is 42.6 Å². The molecular weight excluding hydrogens is 396 g/mol. The number of aromatic nitrogens is 1. The molecule has 0 aliphatic carbocycles. The number of carbonyl (C=O) groups excluding carboxylic acids is 1. The summed E-state index contributed by atoms with van der Waals surface area (Å²) >= 11 is 1.73. The summed E-state index contributed by atoms with van der Waals surface area (Å²) in [6, 6.07) is 13.9. The highest BCUT2D eigenvalue weighted by Crippen LogP contribution is 2.33. The van der Waals surface area contributed by atoms with E-state index >= 15 is 0 Å². The Labute approximate surface area is 180 Å². The minimum atomic E-state index is -0.00182. The summed E-state index contributed by atoms with van der Waals surface area (Å²) in [6.07, 6.45) is 4.64.